The monoisotopic (exact) mass is 277 g/mol. The molecule has 0 aliphatic rings. The Bertz CT molecular complexity index is 598. The fourth-order valence-corrected chi connectivity index (χ4v) is 1.92. The number of carbonyl (C=O) groups excluding carboxylic acids is 1. The van der Waals surface area contributed by atoms with E-state index in [4.69, 9.17) is 0 Å². The molecule has 0 saturated heterocycles. The molecule has 0 fully saturated rings. The molecule has 2 aromatic rings. The van der Waals surface area contributed by atoms with Crippen LogP contribution >= 0.6 is 0 Å². The molecule has 20 heavy (non-hydrogen) atoms. The topological polar surface area (TPSA) is 71.8 Å². The molecule has 6 nitrogen and oxygen atoms in total. The van der Waals surface area contributed by atoms with Crippen molar-refractivity contribution in [1.29, 1.82) is 0 Å². The molecule has 0 bridgehead atoms. The molecule has 2 N–H and O–H groups in total. The van der Waals surface area contributed by atoms with Gasteiger partial charge in [-0.25, -0.2) is 9.18 Å². The predicted molar refractivity (Wildman–Crippen MR) is 72.6 cm³/mol. The van der Waals surface area contributed by atoms with Crippen molar-refractivity contribution >= 4 is 11.7 Å². The highest BCUT2D eigenvalue weighted by Gasteiger charge is 2.15. The van der Waals surface area contributed by atoms with Gasteiger partial charge in [-0.05, 0) is 12.5 Å². The van der Waals surface area contributed by atoms with E-state index in [9.17, 15) is 9.18 Å². The highest BCUT2D eigenvalue weighted by atomic mass is 19.1. The van der Waals surface area contributed by atoms with Crippen LogP contribution in [0.2, 0.25) is 0 Å². The minimum atomic E-state index is -0.499. The van der Waals surface area contributed by atoms with Crippen molar-refractivity contribution < 1.29 is 9.18 Å². The number of nitrogens with zero attached hydrogens (tertiary/aromatic N) is 3. The van der Waals surface area contributed by atoms with Crippen molar-refractivity contribution in [3.8, 4) is 0 Å². The van der Waals surface area contributed by atoms with Crippen LogP contribution in [0.3, 0.4) is 0 Å². The fourth-order valence-electron chi connectivity index (χ4n) is 1.92. The highest BCUT2D eigenvalue weighted by Crippen LogP contribution is 2.15. The largest absolute Gasteiger partial charge is 0.330 e. The third-order valence-corrected chi connectivity index (χ3v) is 2.89. The summed E-state index contributed by atoms with van der Waals surface area (Å²) in [4.78, 5) is 15.6. The average Bonchev–Trinajstić information content (AvgIpc) is 2.82. The summed E-state index contributed by atoms with van der Waals surface area (Å²) in [5.41, 5.74) is 1.21. The molecule has 0 unspecified atom stereocenters. The summed E-state index contributed by atoms with van der Waals surface area (Å²) in [6, 6.07) is 2.48. The van der Waals surface area contributed by atoms with Crippen LogP contribution in [-0.4, -0.2) is 20.8 Å². The van der Waals surface area contributed by atoms with E-state index in [-0.39, 0.29) is 6.04 Å². The molecule has 1 atom stereocenters. The Kier molecular flexibility index (Phi) is 4.29. The minimum absolute atomic E-state index is 0.163. The zero-order valence-corrected chi connectivity index (χ0v) is 11.3. The number of rotatable bonds is 4. The molecular weight excluding hydrogens is 261 g/mol. The van der Waals surface area contributed by atoms with Crippen LogP contribution in [0.5, 0.6) is 0 Å². The number of carbonyl (C=O) groups is 1. The van der Waals surface area contributed by atoms with Gasteiger partial charge in [0.15, 0.2) is 0 Å². The summed E-state index contributed by atoms with van der Waals surface area (Å²) < 4.78 is 14.7. The van der Waals surface area contributed by atoms with E-state index in [1.165, 1.54) is 12.3 Å². The van der Waals surface area contributed by atoms with E-state index < -0.39 is 11.8 Å². The van der Waals surface area contributed by atoms with Gasteiger partial charge in [-0.3, -0.25) is 9.67 Å². The Morgan fingerprint density at radius 2 is 2.30 bits per heavy atom. The van der Waals surface area contributed by atoms with E-state index in [1.807, 2.05) is 20.0 Å². The molecule has 0 aliphatic heterocycles. The van der Waals surface area contributed by atoms with Gasteiger partial charge in [-0.1, -0.05) is 6.92 Å². The summed E-state index contributed by atoms with van der Waals surface area (Å²) >= 11 is 0. The molecule has 2 amide bonds. The third-order valence-electron chi connectivity index (χ3n) is 2.89. The number of halogens is 1. The number of anilines is 1. The van der Waals surface area contributed by atoms with E-state index in [1.54, 1.807) is 10.9 Å². The van der Waals surface area contributed by atoms with Gasteiger partial charge in [0.25, 0.3) is 0 Å². The van der Waals surface area contributed by atoms with Gasteiger partial charge in [-0.15, -0.1) is 0 Å². The molecule has 0 saturated carbocycles. The first-order chi connectivity index (χ1) is 9.60. The van der Waals surface area contributed by atoms with Crippen molar-refractivity contribution in [2.24, 2.45) is 7.05 Å². The number of hydrogen-bond acceptors (Lipinski definition) is 3. The Labute approximate surface area is 116 Å². The molecule has 2 aromatic heterocycles. The normalized spacial score (nSPS) is 11.9. The fraction of sp³-hybridized carbons (Fsp3) is 0.308. The summed E-state index contributed by atoms with van der Waals surface area (Å²) in [7, 11) is 1.81. The number of hydrogen-bond donors (Lipinski definition) is 2. The first kappa shape index (κ1) is 14.0. The second-order valence-electron chi connectivity index (χ2n) is 4.33. The average molecular weight is 277 g/mol. The van der Waals surface area contributed by atoms with Crippen molar-refractivity contribution in [3.05, 3.63) is 42.2 Å². The molecule has 2 rings (SSSR count). The van der Waals surface area contributed by atoms with Gasteiger partial charge in [0.2, 0.25) is 0 Å². The summed E-state index contributed by atoms with van der Waals surface area (Å²) in [5.74, 6) is -0.499. The van der Waals surface area contributed by atoms with Gasteiger partial charge < -0.3 is 10.6 Å². The Morgan fingerprint density at radius 1 is 1.50 bits per heavy atom. The maximum atomic E-state index is 13.0. The SMILES string of the molecule is CC[C@@H](NC(=O)Nc1cncc(F)c1)c1ccnn1C. The molecular formula is C13H16FN5O. The van der Waals surface area contributed by atoms with Crippen LogP contribution in [0.4, 0.5) is 14.9 Å². The first-order valence-corrected chi connectivity index (χ1v) is 6.26. The summed E-state index contributed by atoms with van der Waals surface area (Å²) in [5, 5.41) is 9.44. The maximum absolute atomic E-state index is 13.0. The Morgan fingerprint density at radius 3 is 2.90 bits per heavy atom. The van der Waals surface area contributed by atoms with Crippen molar-refractivity contribution in [2.75, 3.05) is 5.32 Å². The number of aromatic nitrogens is 3. The van der Waals surface area contributed by atoms with E-state index >= 15 is 0 Å². The van der Waals surface area contributed by atoms with Gasteiger partial charge in [0.1, 0.15) is 5.82 Å². The molecule has 0 radical (unpaired) electrons. The quantitative estimate of drug-likeness (QED) is 0.900. The zero-order valence-electron chi connectivity index (χ0n) is 11.3. The number of amides is 2. The number of nitrogens with one attached hydrogen (secondary N) is 2. The third kappa shape index (κ3) is 3.31. The maximum Gasteiger partial charge on any atom is 0.319 e. The number of aryl methyl sites for hydroxylation is 1. The van der Waals surface area contributed by atoms with Crippen LogP contribution in [-0.2, 0) is 7.05 Å². The van der Waals surface area contributed by atoms with Crippen molar-refractivity contribution in [3.63, 3.8) is 0 Å². The van der Waals surface area contributed by atoms with Crippen LogP contribution in [0.15, 0.2) is 30.7 Å². The van der Waals surface area contributed by atoms with E-state index in [2.05, 4.69) is 20.7 Å². The Balaban J connectivity index is 2.01. The predicted octanol–water partition coefficient (Wildman–Crippen LogP) is 2.23. The highest BCUT2D eigenvalue weighted by molar-refractivity contribution is 5.89. The van der Waals surface area contributed by atoms with Gasteiger partial charge in [-0.2, -0.15) is 5.10 Å². The van der Waals surface area contributed by atoms with Crippen LogP contribution in [0.1, 0.15) is 25.1 Å². The van der Waals surface area contributed by atoms with E-state index in [0.717, 1.165) is 11.9 Å². The molecule has 0 spiro atoms. The lowest BCUT2D eigenvalue weighted by Gasteiger charge is -2.17. The van der Waals surface area contributed by atoms with Gasteiger partial charge >= 0.3 is 6.03 Å². The van der Waals surface area contributed by atoms with Crippen LogP contribution in [0, 0.1) is 5.82 Å². The van der Waals surface area contributed by atoms with Gasteiger partial charge in [0.05, 0.1) is 29.8 Å². The smallest absolute Gasteiger partial charge is 0.319 e. The van der Waals surface area contributed by atoms with E-state index in [0.29, 0.717) is 12.1 Å². The molecule has 106 valence electrons. The standard InChI is InChI=1S/C13H16FN5O/c1-3-11(12-4-5-16-19(12)2)18-13(20)17-10-6-9(14)7-15-8-10/h4-8,11H,3H2,1-2H3,(H2,17,18,20)/t11-/m1/s1. The lowest BCUT2D eigenvalue weighted by molar-refractivity contribution is 0.247. The number of pyridine rings is 1. The zero-order chi connectivity index (χ0) is 14.5. The molecule has 0 aromatic carbocycles. The molecule has 0 aliphatic carbocycles. The van der Waals surface area contributed by atoms with Crippen LogP contribution in [0.25, 0.3) is 0 Å². The van der Waals surface area contributed by atoms with Crippen molar-refractivity contribution in [1.82, 2.24) is 20.1 Å². The molecule has 2 heterocycles. The molecule has 7 heteroatoms. The van der Waals surface area contributed by atoms with Crippen LogP contribution < -0.4 is 10.6 Å². The number of urea groups is 1. The Hall–Kier alpha value is -2.44. The lowest BCUT2D eigenvalue weighted by Crippen LogP contribution is -2.33. The summed E-state index contributed by atoms with van der Waals surface area (Å²) in [6.45, 7) is 1.96. The second-order valence-corrected chi connectivity index (χ2v) is 4.33. The first-order valence-electron chi connectivity index (χ1n) is 6.26. The second kappa shape index (κ2) is 6.14. The van der Waals surface area contributed by atoms with Crippen molar-refractivity contribution in [2.45, 2.75) is 19.4 Å². The lowest BCUT2D eigenvalue weighted by atomic mass is 10.1. The summed E-state index contributed by atoms with van der Waals surface area (Å²) in [6.07, 6.45) is 4.85. The van der Waals surface area contributed by atoms with Gasteiger partial charge in [0, 0.05) is 19.3 Å². The minimum Gasteiger partial charge on any atom is -0.330 e.